The standard InChI is InChI=1S/C14H17ClN2O2/c1-11(9-15)3-4-12(2)17-14(18)19-10-13-5-7-16-8-6-13/h3-8H,9-10H2,1-2H3,(H,17,18)/b11-3-,12-4+. The van der Waals surface area contributed by atoms with Crippen molar-refractivity contribution in [2.45, 2.75) is 20.5 Å². The highest BCUT2D eigenvalue weighted by atomic mass is 35.5. The Morgan fingerprint density at radius 1 is 1.37 bits per heavy atom. The van der Waals surface area contributed by atoms with Gasteiger partial charge in [-0.2, -0.15) is 0 Å². The molecule has 1 rings (SSSR count). The molecule has 0 fully saturated rings. The second kappa shape index (κ2) is 8.32. The molecular formula is C14H17ClN2O2. The Balaban J connectivity index is 2.39. The van der Waals surface area contributed by atoms with E-state index in [4.69, 9.17) is 16.3 Å². The van der Waals surface area contributed by atoms with Crippen molar-refractivity contribution in [3.63, 3.8) is 0 Å². The first-order valence-corrected chi connectivity index (χ1v) is 6.38. The number of nitrogens with zero attached hydrogens (tertiary/aromatic N) is 1. The van der Waals surface area contributed by atoms with Crippen molar-refractivity contribution in [2.24, 2.45) is 0 Å². The van der Waals surface area contributed by atoms with E-state index in [9.17, 15) is 4.79 Å². The fraction of sp³-hybridized carbons (Fsp3) is 0.286. The highest BCUT2D eigenvalue weighted by Gasteiger charge is 2.02. The molecule has 19 heavy (non-hydrogen) atoms. The van der Waals surface area contributed by atoms with E-state index in [1.54, 1.807) is 37.5 Å². The number of hydrogen-bond acceptors (Lipinski definition) is 3. The highest BCUT2D eigenvalue weighted by molar-refractivity contribution is 6.19. The van der Waals surface area contributed by atoms with Gasteiger partial charge in [0.05, 0.1) is 0 Å². The number of nitrogens with one attached hydrogen (secondary N) is 1. The van der Waals surface area contributed by atoms with E-state index in [0.29, 0.717) is 11.6 Å². The zero-order chi connectivity index (χ0) is 14.1. The second-order valence-electron chi connectivity index (χ2n) is 4.05. The van der Waals surface area contributed by atoms with E-state index in [1.165, 1.54) is 0 Å². The van der Waals surface area contributed by atoms with Gasteiger partial charge in [-0.1, -0.05) is 11.6 Å². The van der Waals surface area contributed by atoms with Crippen molar-refractivity contribution in [2.75, 3.05) is 5.88 Å². The smallest absolute Gasteiger partial charge is 0.411 e. The molecule has 5 heteroatoms. The molecule has 0 bridgehead atoms. The lowest BCUT2D eigenvalue weighted by Crippen LogP contribution is -2.22. The van der Waals surface area contributed by atoms with Gasteiger partial charge < -0.3 is 4.74 Å². The number of carbonyl (C=O) groups is 1. The Kier molecular flexibility index (Phi) is 6.68. The number of aromatic nitrogens is 1. The molecule has 0 spiro atoms. The van der Waals surface area contributed by atoms with Crippen LogP contribution in [0.1, 0.15) is 19.4 Å². The number of alkyl carbamates (subject to hydrolysis) is 1. The monoisotopic (exact) mass is 280 g/mol. The minimum atomic E-state index is -0.484. The SMILES string of the molecule is C/C(=C/C=C(\C)NC(=O)OCc1ccncc1)CCl. The highest BCUT2D eigenvalue weighted by Crippen LogP contribution is 2.01. The summed E-state index contributed by atoms with van der Waals surface area (Å²) in [6.07, 6.45) is 6.46. The summed E-state index contributed by atoms with van der Waals surface area (Å²) < 4.78 is 5.07. The van der Waals surface area contributed by atoms with Crippen LogP contribution in [0.2, 0.25) is 0 Å². The van der Waals surface area contributed by atoms with Crippen LogP contribution in [0.15, 0.2) is 47.9 Å². The van der Waals surface area contributed by atoms with Crippen LogP contribution in [0.4, 0.5) is 4.79 Å². The third-order valence-electron chi connectivity index (χ3n) is 2.25. The molecule has 1 aromatic heterocycles. The number of pyridine rings is 1. The first kappa shape index (κ1) is 15.2. The molecule has 0 aliphatic carbocycles. The number of rotatable bonds is 5. The van der Waals surface area contributed by atoms with Gasteiger partial charge in [-0.3, -0.25) is 10.3 Å². The average molecular weight is 281 g/mol. The summed E-state index contributed by atoms with van der Waals surface area (Å²) in [6.45, 7) is 3.92. The molecule has 0 radical (unpaired) electrons. The molecule has 1 N–H and O–H groups in total. The van der Waals surface area contributed by atoms with Crippen LogP contribution < -0.4 is 5.32 Å². The molecule has 0 aliphatic rings. The molecule has 0 aromatic carbocycles. The second-order valence-corrected chi connectivity index (χ2v) is 4.32. The average Bonchev–Trinajstić information content (AvgIpc) is 2.43. The van der Waals surface area contributed by atoms with Gasteiger partial charge >= 0.3 is 6.09 Å². The lowest BCUT2D eigenvalue weighted by Gasteiger charge is -2.06. The zero-order valence-corrected chi connectivity index (χ0v) is 11.8. The summed E-state index contributed by atoms with van der Waals surface area (Å²) in [5.74, 6) is 0.469. The van der Waals surface area contributed by atoms with Gasteiger partial charge in [-0.15, -0.1) is 11.6 Å². The maximum atomic E-state index is 11.5. The van der Waals surface area contributed by atoms with Gasteiger partial charge in [0.25, 0.3) is 0 Å². The Morgan fingerprint density at radius 2 is 2.05 bits per heavy atom. The van der Waals surface area contributed by atoms with Gasteiger partial charge in [-0.05, 0) is 37.6 Å². The maximum Gasteiger partial charge on any atom is 0.411 e. The molecule has 0 atom stereocenters. The molecule has 1 heterocycles. The summed E-state index contributed by atoms with van der Waals surface area (Å²) in [7, 11) is 0. The Morgan fingerprint density at radius 3 is 2.68 bits per heavy atom. The molecule has 0 saturated heterocycles. The molecule has 0 saturated carbocycles. The van der Waals surface area contributed by atoms with E-state index in [0.717, 1.165) is 11.1 Å². The van der Waals surface area contributed by atoms with Gasteiger partial charge in [0.2, 0.25) is 0 Å². The number of allylic oxidation sites excluding steroid dienone is 4. The lowest BCUT2D eigenvalue weighted by atomic mass is 10.3. The minimum Gasteiger partial charge on any atom is -0.444 e. The van der Waals surface area contributed by atoms with Crippen molar-refractivity contribution in [1.82, 2.24) is 10.3 Å². The van der Waals surface area contributed by atoms with Crippen LogP contribution in [0, 0.1) is 0 Å². The van der Waals surface area contributed by atoms with Gasteiger partial charge in [0.1, 0.15) is 6.61 Å². The molecule has 4 nitrogen and oxygen atoms in total. The predicted octanol–water partition coefficient (Wildman–Crippen LogP) is 3.40. The van der Waals surface area contributed by atoms with Crippen LogP contribution >= 0.6 is 11.6 Å². The largest absolute Gasteiger partial charge is 0.444 e. The summed E-state index contributed by atoms with van der Waals surface area (Å²) in [4.78, 5) is 15.4. The van der Waals surface area contributed by atoms with Crippen LogP contribution in [-0.2, 0) is 11.3 Å². The van der Waals surface area contributed by atoms with Gasteiger partial charge in [-0.25, -0.2) is 4.79 Å². The van der Waals surface area contributed by atoms with Crippen molar-refractivity contribution >= 4 is 17.7 Å². The normalized spacial score (nSPS) is 12.2. The zero-order valence-electron chi connectivity index (χ0n) is 11.0. The lowest BCUT2D eigenvalue weighted by molar-refractivity contribution is 0.142. The fourth-order valence-corrected chi connectivity index (χ4v) is 1.27. The summed E-state index contributed by atoms with van der Waals surface area (Å²) in [6, 6.07) is 3.59. The van der Waals surface area contributed by atoms with Crippen molar-refractivity contribution in [3.8, 4) is 0 Å². The quantitative estimate of drug-likeness (QED) is 0.664. The van der Waals surface area contributed by atoms with E-state index < -0.39 is 6.09 Å². The number of ether oxygens (including phenoxy) is 1. The van der Waals surface area contributed by atoms with E-state index >= 15 is 0 Å². The summed E-state index contributed by atoms with van der Waals surface area (Å²) in [5.41, 5.74) is 2.61. The van der Waals surface area contributed by atoms with Gasteiger partial charge in [0.15, 0.2) is 0 Å². The molecule has 0 unspecified atom stereocenters. The summed E-state index contributed by atoms with van der Waals surface area (Å²) >= 11 is 5.64. The first-order valence-electron chi connectivity index (χ1n) is 5.84. The Bertz CT molecular complexity index is 470. The molecular weight excluding hydrogens is 264 g/mol. The topological polar surface area (TPSA) is 51.2 Å². The van der Waals surface area contributed by atoms with E-state index in [1.807, 2.05) is 13.0 Å². The van der Waals surface area contributed by atoms with Crippen LogP contribution in [0.5, 0.6) is 0 Å². The van der Waals surface area contributed by atoms with Crippen molar-refractivity contribution in [3.05, 3.63) is 53.5 Å². The number of amides is 1. The first-order chi connectivity index (χ1) is 9.11. The number of halogens is 1. The predicted molar refractivity (Wildman–Crippen MR) is 75.8 cm³/mol. The van der Waals surface area contributed by atoms with E-state index in [-0.39, 0.29) is 6.61 Å². The molecule has 102 valence electrons. The molecule has 1 aromatic rings. The van der Waals surface area contributed by atoms with Crippen molar-refractivity contribution in [1.29, 1.82) is 0 Å². The molecule has 0 aliphatic heterocycles. The number of alkyl halides is 1. The van der Waals surface area contributed by atoms with E-state index in [2.05, 4.69) is 10.3 Å². The third kappa shape index (κ3) is 6.62. The Labute approximate surface area is 118 Å². The number of hydrogen-bond donors (Lipinski definition) is 1. The minimum absolute atomic E-state index is 0.220. The van der Waals surface area contributed by atoms with Crippen LogP contribution in [0.3, 0.4) is 0 Å². The van der Waals surface area contributed by atoms with Crippen molar-refractivity contribution < 1.29 is 9.53 Å². The third-order valence-corrected chi connectivity index (χ3v) is 2.67. The van der Waals surface area contributed by atoms with Crippen LogP contribution in [0.25, 0.3) is 0 Å². The fourth-order valence-electron chi connectivity index (χ4n) is 1.18. The maximum absolute atomic E-state index is 11.5. The van der Waals surface area contributed by atoms with Gasteiger partial charge in [0, 0.05) is 24.0 Å². The van der Waals surface area contributed by atoms with Crippen LogP contribution in [-0.4, -0.2) is 17.0 Å². The molecule has 1 amide bonds. The summed E-state index contributed by atoms with van der Waals surface area (Å²) in [5, 5.41) is 2.63. The Hall–Kier alpha value is -1.81. The number of carbonyl (C=O) groups excluding carboxylic acids is 1.